The third-order valence-electron chi connectivity index (χ3n) is 3.05. The maximum absolute atomic E-state index is 11.7. The van der Waals surface area contributed by atoms with Crippen LogP contribution in [-0.2, 0) is 4.79 Å². The minimum atomic E-state index is -0.418. The Morgan fingerprint density at radius 3 is 2.29 bits per heavy atom. The molecule has 0 saturated carbocycles. The first-order valence-corrected chi connectivity index (χ1v) is 6.35. The number of piperazine rings is 1. The quantitative estimate of drug-likeness (QED) is 0.752. The smallest absolute Gasteiger partial charge is 0.240 e. The molecule has 0 aromatic heterocycles. The third-order valence-corrected chi connectivity index (χ3v) is 3.24. The van der Waals surface area contributed by atoms with Crippen molar-refractivity contribution >= 4 is 23.2 Å². The van der Waals surface area contributed by atoms with Gasteiger partial charge in [-0.2, -0.15) is 0 Å². The van der Waals surface area contributed by atoms with Crippen LogP contribution >= 0.6 is 11.6 Å². The Balaban J connectivity index is 1.93. The van der Waals surface area contributed by atoms with Crippen LogP contribution in [-0.4, -0.2) is 42.4 Å². The first kappa shape index (κ1) is 12.2. The Bertz CT molecular complexity index is 372. The summed E-state index contributed by atoms with van der Waals surface area (Å²) < 4.78 is 0. The van der Waals surface area contributed by atoms with Gasteiger partial charge in [0.05, 0.1) is 0 Å². The summed E-state index contributed by atoms with van der Waals surface area (Å²) in [5, 5.41) is -0.418. The van der Waals surface area contributed by atoms with Crippen molar-refractivity contribution in [1.29, 1.82) is 0 Å². The molecule has 1 fully saturated rings. The maximum Gasteiger partial charge on any atom is 0.240 e. The van der Waals surface area contributed by atoms with Crippen molar-refractivity contribution in [3.05, 3.63) is 30.3 Å². The average molecular weight is 253 g/mol. The van der Waals surface area contributed by atoms with E-state index in [4.69, 9.17) is 11.6 Å². The number of carbonyl (C=O) groups is 1. The van der Waals surface area contributed by atoms with Crippen LogP contribution in [0.5, 0.6) is 0 Å². The summed E-state index contributed by atoms with van der Waals surface area (Å²) in [5.41, 5.74) is 1.22. The molecule has 1 heterocycles. The molecule has 0 unspecified atom stereocenters. The monoisotopic (exact) mass is 252 g/mol. The van der Waals surface area contributed by atoms with Gasteiger partial charge in [0.15, 0.2) is 0 Å². The highest BCUT2D eigenvalue weighted by Crippen LogP contribution is 2.16. The highest BCUT2D eigenvalue weighted by molar-refractivity contribution is 6.30. The van der Waals surface area contributed by atoms with Crippen LogP contribution in [0.4, 0.5) is 5.69 Å². The summed E-state index contributed by atoms with van der Waals surface area (Å²) in [4.78, 5) is 15.9. The van der Waals surface area contributed by atoms with Crippen molar-refractivity contribution in [2.75, 3.05) is 31.1 Å². The van der Waals surface area contributed by atoms with Gasteiger partial charge in [0.25, 0.3) is 0 Å². The molecule has 2 rings (SSSR count). The SMILES string of the molecule is C[C@@H](Cl)C(=O)N1CCN(c2ccccc2)CC1. The second-order valence-corrected chi connectivity index (χ2v) is 4.92. The Labute approximate surface area is 107 Å². The number of halogens is 1. The molecule has 1 atom stereocenters. The van der Waals surface area contributed by atoms with Crippen molar-refractivity contribution in [1.82, 2.24) is 4.90 Å². The second kappa shape index (κ2) is 5.41. The normalized spacial score (nSPS) is 18.0. The van der Waals surface area contributed by atoms with Crippen molar-refractivity contribution in [3.63, 3.8) is 0 Å². The van der Waals surface area contributed by atoms with E-state index in [1.165, 1.54) is 5.69 Å². The van der Waals surface area contributed by atoms with Gasteiger partial charge in [-0.15, -0.1) is 11.6 Å². The fourth-order valence-electron chi connectivity index (χ4n) is 2.08. The standard InChI is InChI=1S/C13H17ClN2O/c1-11(14)13(17)16-9-7-15(8-10-16)12-5-3-2-4-6-12/h2-6,11H,7-10H2,1H3/t11-/m1/s1. The largest absolute Gasteiger partial charge is 0.368 e. The molecule has 1 aromatic rings. The lowest BCUT2D eigenvalue weighted by molar-refractivity contribution is -0.130. The summed E-state index contributed by atoms with van der Waals surface area (Å²) in [6, 6.07) is 10.3. The number of hydrogen-bond acceptors (Lipinski definition) is 2. The van der Waals surface area contributed by atoms with Gasteiger partial charge in [-0.1, -0.05) is 18.2 Å². The van der Waals surface area contributed by atoms with E-state index in [9.17, 15) is 4.79 Å². The number of benzene rings is 1. The molecule has 17 heavy (non-hydrogen) atoms. The van der Waals surface area contributed by atoms with E-state index >= 15 is 0 Å². The number of para-hydroxylation sites is 1. The fraction of sp³-hybridized carbons (Fsp3) is 0.462. The first-order chi connectivity index (χ1) is 8.18. The number of rotatable bonds is 2. The van der Waals surface area contributed by atoms with Gasteiger partial charge in [0.1, 0.15) is 5.38 Å². The van der Waals surface area contributed by atoms with Crippen LogP contribution in [0.25, 0.3) is 0 Å². The summed E-state index contributed by atoms with van der Waals surface area (Å²) in [6.45, 7) is 4.99. The maximum atomic E-state index is 11.7. The molecule has 1 aliphatic heterocycles. The zero-order valence-electron chi connectivity index (χ0n) is 9.97. The topological polar surface area (TPSA) is 23.6 Å². The van der Waals surface area contributed by atoms with Gasteiger partial charge >= 0.3 is 0 Å². The van der Waals surface area contributed by atoms with E-state index in [0.717, 1.165) is 26.2 Å². The molecular formula is C13H17ClN2O. The van der Waals surface area contributed by atoms with Gasteiger partial charge in [0.2, 0.25) is 5.91 Å². The van der Waals surface area contributed by atoms with Crippen LogP contribution in [0, 0.1) is 0 Å². The lowest BCUT2D eigenvalue weighted by atomic mass is 10.2. The molecule has 0 aliphatic carbocycles. The van der Waals surface area contributed by atoms with Crippen molar-refractivity contribution < 1.29 is 4.79 Å². The number of amides is 1. The lowest BCUT2D eigenvalue weighted by Gasteiger charge is -2.36. The number of nitrogens with zero attached hydrogens (tertiary/aromatic N) is 2. The summed E-state index contributed by atoms with van der Waals surface area (Å²) in [6.07, 6.45) is 0. The number of anilines is 1. The number of alkyl halides is 1. The molecule has 4 heteroatoms. The van der Waals surface area contributed by atoms with Gasteiger partial charge in [-0.05, 0) is 19.1 Å². The molecule has 3 nitrogen and oxygen atoms in total. The molecule has 1 aromatic carbocycles. The van der Waals surface area contributed by atoms with Crippen molar-refractivity contribution in [3.8, 4) is 0 Å². The van der Waals surface area contributed by atoms with E-state index in [-0.39, 0.29) is 5.91 Å². The molecular weight excluding hydrogens is 236 g/mol. The van der Waals surface area contributed by atoms with Gasteiger partial charge in [-0.3, -0.25) is 4.79 Å². The average Bonchev–Trinajstić information content (AvgIpc) is 2.39. The van der Waals surface area contributed by atoms with E-state index in [2.05, 4.69) is 17.0 Å². The zero-order valence-corrected chi connectivity index (χ0v) is 10.7. The van der Waals surface area contributed by atoms with Crippen LogP contribution in [0.1, 0.15) is 6.92 Å². The molecule has 0 N–H and O–H groups in total. The minimum absolute atomic E-state index is 0.0411. The van der Waals surface area contributed by atoms with Crippen molar-refractivity contribution in [2.45, 2.75) is 12.3 Å². The van der Waals surface area contributed by atoms with E-state index in [1.54, 1.807) is 6.92 Å². The predicted molar refractivity (Wildman–Crippen MR) is 70.6 cm³/mol. The first-order valence-electron chi connectivity index (χ1n) is 5.91. The van der Waals surface area contributed by atoms with E-state index in [1.807, 2.05) is 23.1 Å². The van der Waals surface area contributed by atoms with Crippen LogP contribution in [0.15, 0.2) is 30.3 Å². The van der Waals surface area contributed by atoms with Crippen LogP contribution in [0.2, 0.25) is 0 Å². The second-order valence-electron chi connectivity index (χ2n) is 4.26. The number of hydrogen-bond donors (Lipinski definition) is 0. The molecule has 1 amide bonds. The molecule has 0 spiro atoms. The summed E-state index contributed by atoms with van der Waals surface area (Å²) >= 11 is 5.81. The molecule has 0 bridgehead atoms. The van der Waals surface area contributed by atoms with E-state index < -0.39 is 5.38 Å². The molecule has 1 saturated heterocycles. The fourth-order valence-corrected chi connectivity index (χ4v) is 2.21. The Morgan fingerprint density at radius 1 is 1.18 bits per heavy atom. The highest BCUT2D eigenvalue weighted by Gasteiger charge is 2.23. The van der Waals surface area contributed by atoms with Crippen molar-refractivity contribution in [2.24, 2.45) is 0 Å². The Hall–Kier alpha value is -1.22. The molecule has 0 radical (unpaired) electrons. The van der Waals surface area contributed by atoms with Crippen LogP contribution in [0.3, 0.4) is 0 Å². The minimum Gasteiger partial charge on any atom is -0.368 e. The molecule has 1 aliphatic rings. The van der Waals surface area contributed by atoms with Gasteiger partial charge in [0, 0.05) is 31.9 Å². The summed E-state index contributed by atoms with van der Waals surface area (Å²) in [7, 11) is 0. The Morgan fingerprint density at radius 2 is 1.76 bits per heavy atom. The third kappa shape index (κ3) is 2.91. The highest BCUT2D eigenvalue weighted by atomic mass is 35.5. The zero-order chi connectivity index (χ0) is 12.3. The van der Waals surface area contributed by atoms with Gasteiger partial charge < -0.3 is 9.80 Å². The molecule has 92 valence electrons. The van der Waals surface area contributed by atoms with E-state index in [0.29, 0.717) is 0 Å². The predicted octanol–water partition coefficient (Wildman–Crippen LogP) is 1.96. The van der Waals surface area contributed by atoms with Crippen LogP contribution < -0.4 is 4.90 Å². The number of carbonyl (C=O) groups excluding carboxylic acids is 1. The lowest BCUT2D eigenvalue weighted by Crippen LogP contribution is -2.50. The Kier molecular flexibility index (Phi) is 3.89. The summed E-state index contributed by atoms with van der Waals surface area (Å²) in [5.74, 6) is 0.0411. The van der Waals surface area contributed by atoms with Gasteiger partial charge in [-0.25, -0.2) is 0 Å².